The Morgan fingerprint density at radius 2 is 1.64 bits per heavy atom. The van der Waals surface area contributed by atoms with Crippen molar-refractivity contribution in [3.05, 3.63) is 121 Å². The first-order valence-corrected chi connectivity index (χ1v) is 10.2. The van der Waals surface area contributed by atoms with Crippen molar-refractivity contribution in [2.24, 2.45) is 0 Å². The number of carbonyl (C=O) groups is 1. The highest BCUT2D eigenvalue weighted by Gasteiger charge is 2.25. The molecule has 8 heteroatoms. The Morgan fingerprint density at radius 1 is 0.848 bits per heavy atom. The number of benzene rings is 2. The topological polar surface area (TPSA) is 117 Å². The van der Waals surface area contributed by atoms with Gasteiger partial charge >= 0.3 is 0 Å². The molecule has 1 aliphatic heterocycles. The summed E-state index contributed by atoms with van der Waals surface area (Å²) >= 11 is 0. The highest BCUT2D eigenvalue weighted by molar-refractivity contribution is 6.31. The van der Waals surface area contributed by atoms with Crippen LogP contribution in [0.25, 0.3) is 11.6 Å². The van der Waals surface area contributed by atoms with Crippen LogP contribution >= 0.6 is 0 Å². The molecule has 0 atom stereocenters. The van der Waals surface area contributed by atoms with Crippen LogP contribution in [0.2, 0.25) is 0 Å². The maximum atomic E-state index is 12.7. The van der Waals surface area contributed by atoms with Crippen molar-refractivity contribution in [3.8, 4) is 5.75 Å². The third kappa shape index (κ3) is 4.09. The van der Waals surface area contributed by atoms with E-state index in [0.717, 1.165) is 5.56 Å². The van der Waals surface area contributed by atoms with Crippen molar-refractivity contribution >= 4 is 23.2 Å². The molecular weight excluding hydrogens is 420 g/mol. The molecule has 0 aliphatic carbocycles. The van der Waals surface area contributed by atoms with Crippen LogP contribution in [-0.2, 0) is 11.4 Å². The average Bonchev–Trinajstić information content (AvgIpc) is 3.17. The first kappa shape index (κ1) is 20.2. The third-order valence-corrected chi connectivity index (χ3v) is 5.18. The molecule has 0 radical (unpaired) electrons. The molecule has 0 unspecified atom stereocenters. The average molecular weight is 438 g/mol. The van der Waals surface area contributed by atoms with Gasteiger partial charge in [0.15, 0.2) is 0 Å². The Bertz CT molecular complexity index is 1590. The van der Waals surface area contributed by atoms with E-state index in [0.29, 0.717) is 29.3 Å². The predicted molar refractivity (Wildman–Crippen MR) is 123 cm³/mol. The van der Waals surface area contributed by atoms with Gasteiger partial charge in [0, 0.05) is 11.3 Å². The quantitative estimate of drug-likeness (QED) is 0.440. The number of aromatic nitrogens is 3. The molecule has 33 heavy (non-hydrogen) atoms. The number of nitrogens with one attached hydrogen (secondary N) is 3. The summed E-state index contributed by atoms with van der Waals surface area (Å²) in [4.78, 5) is 47.1. The molecule has 1 amide bonds. The summed E-state index contributed by atoms with van der Waals surface area (Å²) in [7, 11) is 0. The van der Waals surface area contributed by atoms with Crippen LogP contribution in [0.15, 0.2) is 82.5 Å². The number of amides is 1. The SMILES string of the molecule is O=C1Nc2ccccc2/C1=c1\[nH]c(=O)c(=Cc2ccc(OCc3ccccc3)cn2)[nH]c1=O. The number of anilines is 1. The molecule has 3 heterocycles. The van der Waals surface area contributed by atoms with Gasteiger partial charge in [-0.15, -0.1) is 0 Å². The van der Waals surface area contributed by atoms with Crippen LogP contribution in [-0.4, -0.2) is 20.9 Å². The van der Waals surface area contributed by atoms with Crippen LogP contribution < -0.4 is 31.9 Å². The number of hydrogen-bond donors (Lipinski definition) is 3. The van der Waals surface area contributed by atoms with E-state index in [9.17, 15) is 14.4 Å². The van der Waals surface area contributed by atoms with E-state index in [4.69, 9.17) is 4.74 Å². The molecule has 0 fully saturated rings. The highest BCUT2D eigenvalue weighted by atomic mass is 16.5. The number of fused-ring (bicyclic) bond motifs is 1. The summed E-state index contributed by atoms with van der Waals surface area (Å²) in [5, 5.41) is 2.64. The Labute approximate surface area is 186 Å². The Kier molecular flexibility index (Phi) is 5.16. The van der Waals surface area contributed by atoms with E-state index in [1.807, 2.05) is 30.3 Å². The van der Waals surface area contributed by atoms with E-state index in [1.165, 1.54) is 6.08 Å². The zero-order chi connectivity index (χ0) is 22.8. The van der Waals surface area contributed by atoms with Gasteiger partial charge in [-0.1, -0.05) is 48.5 Å². The zero-order valence-electron chi connectivity index (χ0n) is 17.3. The normalized spacial score (nSPS) is 14.7. The number of carbonyl (C=O) groups excluding carboxylic acids is 1. The van der Waals surface area contributed by atoms with Gasteiger partial charge in [-0.05, 0) is 29.8 Å². The van der Waals surface area contributed by atoms with E-state index in [-0.39, 0.29) is 16.3 Å². The van der Waals surface area contributed by atoms with Crippen molar-refractivity contribution in [3.63, 3.8) is 0 Å². The molecule has 8 nitrogen and oxygen atoms in total. The Morgan fingerprint density at radius 3 is 2.42 bits per heavy atom. The lowest BCUT2D eigenvalue weighted by Crippen LogP contribution is -2.48. The fourth-order valence-electron chi connectivity index (χ4n) is 3.57. The monoisotopic (exact) mass is 438 g/mol. The van der Waals surface area contributed by atoms with Crippen LogP contribution in [0.5, 0.6) is 5.75 Å². The van der Waals surface area contributed by atoms with Gasteiger partial charge in [-0.3, -0.25) is 19.4 Å². The summed E-state index contributed by atoms with van der Waals surface area (Å²) < 4.78 is 5.71. The minimum absolute atomic E-state index is 0.0292. The van der Waals surface area contributed by atoms with Crippen molar-refractivity contribution in [1.29, 1.82) is 0 Å². The van der Waals surface area contributed by atoms with Gasteiger partial charge < -0.3 is 20.0 Å². The second kappa shape index (κ2) is 8.43. The van der Waals surface area contributed by atoms with Crippen LogP contribution in [0.3, 0.4) is 0 Å². The summed E-state index contributed by atoms with van der Waals surface area (Å²) in [6.45, 7) is 0.412. The molecule has 4 aromatic rings. The number of nitrogens with zero attached hydrogens (tertiary/aromatic N) is 1. The lowest BCUT2D eigenvalue weighted by molar-refractivity contribution is -0.110. The molecule has 3 N–H and O–H groups in total. The van der Waals surface area contributed by atoms with Crippen LogP contribution in [0.1, 0.15) is 16.8 Å². The Hall–Kier alpha value is -4.72. The van der Waals surface area contributed by atoms with Crippen LogP contribution in [0, 0.1) is 0 Å². The molecule has 0 saturated heterocycles. The minimum atomic E-state index is -0.578. The number of aromatic amines is 2. The van der Waals surface area contributed by atoms with Crippen molar-refractivity contribution in [2.75, 3.05) is 5.32 Å². The summed E-state index contributed by atoms with van der Waals surface area (Å²) in [6.07, 6.45) is 3.00. The number of rotatable bonds is 4. The number of para-hydroxylation sites is 1. The predicted octanol–water partition coefficient (Wildman–Crippen LogP) is 1.02. The number of hydrogen-bond acceptors (Lipinski definition) is 5. The third-order valence-electron chi connectivity index (χ3n) is 5.18. The zero-order valence-corrected chi connectivity index (χ0v) is 17.3. The summed E-state index contributed by atoms with van der Waals surface area (Å²) in [5.74, 6) is 0.137. The molecule has 0 spiro atoms. The number of ether oxygens (including phenoxy) is 1. The lowest BCUT2D eigenvalue weighted by atomic mass is 10.1. The first-order chi connectivity index (χ1) is 16.1. The van der Waals surface area contributed by atoms with Gasteiger partial charge in [-0.25, -0.2) is 0 Å². The Balaban J connectivity index is 1.46. The second-order valence-electron chi connectivity index (χ2n) is 7.41. The smallest absolute Gasteiger partial charge is 0.273 e. The maximum absolute atomic E-state index is 12.7. The summed E-state index contributed by atoms with van der Waals surface area (Å²) in [6, 6.07) is 20.1. The van der Waals surface area contributed by atoms with Crippen molar-refractivity contribution in [1.82, 2.24) is 15.0 Å². The van der Waals surface area contributed by atoms with E-state index < -0.39 is 17.0 Å². The molecule has 162 valence electrons. The number of H-pyrrole nitrogens is 2. The molecule has 2 aromatic heterocycles. The van der Waals surface area contributed by atoms with Gasteiger partial charge in [0.05, 0.1) is 17.5 Å². The second-order valence-corrected chi connectivity index (χ2v) is 7.41. The molecule has 0 saturated carbocycles. The first-order valence-electron chi connectivity index (χ1n) is 10.2. The van der Waals surface area contributed by atoms with Gasteiger partial charge in [0.2, 0.25) is 0 Å². The van der Waals surface area contributed by atoms with E-state index in [2.05, 4.69) is 20.3 Å². The molecule has 5 rings (SSSR count). The largest absolute Gasteiger partial charge is 0.487 e. The van der Waals surface area contributed by atoms with Crippen molar-refractivity contribution in [2.45, 2.75) is 6.61 Å². The fourth-order valence-corrected chi connectivity index (χ4v) is 3.57. The van der Waals surface area contributed by atoms with Gasteiger partial charge in [-0.2, -0.15) is 0 Å². The standard InChI is InChI=1S/C25H18N4O4/c30-23-20(12-16-10-11-17(13-26-16)33-14-15-6-2-1-3-7-15)28-25(32)22(29-23)21-18-8-4-5-9-19(18)27-24(21)31/h1-13H,14H2,(H,27,31)(H,28,32)(H,29,30)/b20-12?,22-21+. The summed E-state index contributed by atoms with van der Waals surface area (Å²) in [5.41, 5.74) is 1.67. The number of pyridine rings is 1. The van der Waals surface area contributed by atoms with Crippen LogP contribution in [0.4, 0.5) is 5.69 Å². The van der Waals surface area contributed by atoms with E-state index >= 15 is 0 Å². The molecular formula is C25H18N4O4. The molecule has 2 aromatic carbocycles. The molecule has 0 bridgehead atoms. The lowest BCUT2D eigenvalue weighted by Gasteiger charge is -2.05. The van der Waals surface area contributed by atoms with E-state index in [1.54, 1.807) is 42.6 Å². The van der Waals surface area contributed by atoms with Gasteiger partial charge in [0.25, 0.3) is 17.0 Å². The van der Waals surface area contributed by atoms with Crippen molar-refractivity contribution < 1.29 is 9.53 Å². The fraction of sp³-hybridized carbons (Fsp3) is 0.0400. The maximum Gasteiger partial charge on any atom is 0.273 e. The minimum Gasteiger partial charge on any atom is -0.487 e. The molecule has 1 aliphatic rings. The van der Waals surface area contributed by atoms with Gasteiger partial charge in [0.1, 0.15) is 23.1 Å². The highest BCUT2D eigenvalue weighted by Crippen LogP contribution is 2.28.